The minimum Gasteiger partial charge on any atom is -0.349 e. The van der Waals surface area contributed by atoms with Gasteiger partial charge in [-0.05, 0) is 37.0 Å². The molecule has 18 heavy (non-hydrogen) atoms. The Balaban J connectivity index is 2.04. The summed E-state index contributed by atoms with van der Waals surface area (Å²) in [6.07, 6.45) is 4.55. The Hall–Kier alpha value is -1.09. The molecule has 1 fully saturated rings. The minimum atomic E-state index is -0.501. The van der Waals surface area contributed by atoms with Crippen LogP contribution in [0.3, 0.4) is 0 Å². The van der Waals surface area contributed by atoms with Crippen molar-refractivity contribution < 1.29 is 9.18 Å². The van der Waals surface area contributed by atoms with Crippen LogP contribution in [-0.2, 0) is 0 Å². The molecule has 1 aliphatic carbocycles. The Morgan fingerprint density at radius 2 is 2.11 bits per heavy atom. The molecule has 1 aromatic carbocycles. The van der Waals surface area contributed by atoms with Crippen molar-refractivity contribution in [3.63, 3.8) is 0 Å². The van der Waals surface area contributed by atoms with Gasteiger partial charge in [0.1, 0.15) is 5.82 Å². The molecule has 0 bridgehead atoms. The van der Waals surface area contributed by atoms with Gasteiger partial charge < -0.3 is 5.32 Å². The standard InChI is InChI=1S/C14H17ClFNO/c1-9-4-2-3-5-13(9)17-14(18)10-6-7-12(16)11(15)8-10/h6-9,13H,2-5H2,1H3,(H,17,18). The highest BCUT2D eigenvalue weighted by Crippen LogP contribution is 2.24. The van der Waals surface area contributed by atoms with Crippen molar-refractivity contribution in [2.75, 3.05) is 0 Å². The number of amides is 1. The summed E-state index contributed by atoms with van der Waals surface area (Å²) in [7, 11) is 0. The molecule has 0 spiro atoms. The number of rotatable bonds is 2. The summed E-state index contributed by atoms with van der Waals surface area (Å²) in [4.78, 5) is 12.0. The van der Waals surface area contributed by atoms with Crippen molar-refractivity contribution in [2.24, 2.45) is 5.92 Å². The third kappa shape index (κ3) is 3.02. The zero-order valence-corrected chi connectivity index (χ0v) is 11.1. The van der Waals surface area contributed by atoms with Crippen LogP contribution in [0.2, 0.25) is 5.02 Å². The van der Waals surface area contributed by atoms with Crippen molar-refractivity contribution in [3.8, 4) is 0 Å². The molecule has 1 aromatic rings. The van der Waals surface area contributed by atoms with Gasteiger partial charge in [-0.2, -0.15) is 0 Å². The van der Waals surface area contributed by atoms with Crippen LogP contribution in [0.1, 0.15) is 43.0 Å². The van der Waals surface area contributed by atoms with Crippen molar-refractivity contribution in [1.82, 2.24) is 5.32 Å². The molecule has 0 radical (unpaired) electrons. The maximum absolute atomic E-state index is 13.0. The quantitative estimate of drug-likeness (QED) is 0.870. The molecule has 2 atom stereocenters. The summed E-state index contributed by atoms with van der Waals surface area (Å²) >= 11 is 5.67. The third-order valence-corrected chi connectivity index (χ3v) is 3.90. The summed E-state index contributed by atoms with van der Waals surface area (Å²) in [6.45, 7) is 2.15. The predicted molar refractivity (Wildman–Crippen MR) is 70.3 cm³/mol. The van der Waals surface area contributed by atoms with E-state index in [1.165, 1.54) is 24.6 Å². The largest absolute Gasteiger partial charge is 0.349 e. The maximum Gasteiger partial charge on any atom is 0.251 e. The van der Waals surface area contributed by atoms with Crippen molar-refractivity contribution >= 4 is 17.5 Å². The van der Waals surface area contributed by atoms with Gasteiger partial charge >= 0.3 is 0 Å². The monoisotopic (exact) mass is 269 g/mol. The van der Waals surface area contributed by atoms with Crippen LogP contribution < -0.4 is 5.32 Å². The van der Waals surface area contributed by atoms with Gasteiger partial charge in [-0.1, -0.05) is 31.4 Å². The van der Waals surface area contributed by atoms with Crippen LogP contribution in [0.25, 0.3) is 0 Å². The lowest BCUT2D eigenvalue weighted by Crippen LogP contribution is -2.41. The lowest BCUT2D eigenvalue weighted by atomic mass is 9.86. The fraction of sp³-hybridized carbons (Fsp3) is 0.500. The van der Waals surface area contributed by atoms with Crippen LogP contribution in [0.4, 0.5) is 4.39 Å². The van der Waals surface area contributed by atoms with Crippen LogP contribution >= 0.6 is 11.6 Å². The molecule has 0 aliphatic heterocycles. The van der Waals surface area contributed by atoms with E-state index in [2.05, 4.69) is 12.2 Å². The summed E-state index contributed by atoms with van der Waals surface area (Å²) in [5.41, 5.74) is 0.416. The number of halogens is 2. The molecular weight excluding hydrogens is 253 g/mol. The number of benzene rings is 1. The van der Waals surface area contributed by atoms with E-state index in [0.717, 1.165) is 19.3 Å². The van der Waals surface area contributed by atoms with Gasteiger partial charge in [0.2, 0.25) is 0 Å². The van der Waals surface area contributed by atoms with E-state index in [4.69, 9.17) is 11.6 Å². The zero-order chi connectivity index (χ0) is 13.1. The molecule has 0 heterocycles. The van der Waals surface area contributed by atoms with Gasteiger partial charge in [0.15, 0.2) is 0 Å². The summed E-state index contributed by atoms with van der Waals surface area (Å²) in [5, 5.41) is 3.00. The summed E-state index contributed by atoms with van der Waals surface area (Å²) < 4.78 is 13.0. The average molecular weight is 270 g/mol. The molecule has 0 saturated heterocycles. The lowest BCUT2D eigenvalue weighted by molar-refractivity contribution is 0.0910. The van der Waals surface area contributed by atoms with Crippen molar-refractivity contribution in [2.45, 2.75) is 38.6 Å². The second kappa shape index (κ2) is 5.70. The van der Waals surface area contributed by atoms with E-state index in [9.17, 15) is 9.18 Å². The van der Waals surface area contributed by atoms with E-state index >= 15 is 0 Å². The van der Waals surface area contributed by atoms with Gasteiger partial charge in [-0.3, -0.25) is 4.79 Å². The van der Waals surface area contributed by atoms with E-state index in [0.29, 0.717) is 11.5 Å². The first-order chi connectivity index (χ1) is 8.58. The van der Waals surface area contributed by atoms with Crippen molar-refractivity contribution in [1.29, 1.82) is 0 Å². The maximum atomic E-state index is 13.0. The van der Waals surface area contributed by atoms with Gasteiger partial charge in [-0.15, -0.1) is 0 Å². The molecular formula is C14H17ClFNO. The van der Waals surface area contributed by atoms with Gasteiger partial charge in [0.05, 0.1) is 5.02 Å². The molecule has 1 aliphatic rings. The molecule has 1 amide bonds. The Morgan fingerprint density at radius 3 is 2.78 bits per heavy atom. The molecule has 98 valence electrons. The van der Waals surface area contributed by atoms with Crippen LogP contribution in [0, 0.1) is 11.7 Å². The molecule has 1 saturated carbocycles. The Morgan fingerprint density at radius 1 is 1.39 bits per heavy atom. The van der Waals surface area contributed by atoms with E-state index in [1.807, 2.05) is 0 Å². The summed E-state index contributed by atoms with van der Waals surface area (Å²) in [6, 6.07) is 4.28. The summed E-state index contributed by atoms with van der Waals surface area (Å²) in [5.74, 6) is -0.173. The SMILES string of the molecule is CC1CCCCC1NC(=O)c1ccc(F)c(Cl)c1. The van der Waals surface area contributed by atoms with E-state index in [-0.39, 0.29) is 17.0 Å². The van der Waals surface area contributed by atoms with Gasteiger partial charge in [-0.25, -0.2) is 4.39 Å². The van der Waals surface area contributed by atoms with Gasteiger partial charge in [0, 0.05) is 11.6 Å². The third-order valence-electron chi connectivity index (χ3n) is 3.61. The van der Waals surface area contributed by atoms with Crippen LogP contribution in [0.5, 0.6) is 0 Å². The normalized spacial score (nSPS) is 23.7. The highest BCUT2D eigenvalue weighted by molar-refractivity contribution is 6.31. The number of nitrogens with one attached hydrogen (secondary N) is 1. The number of hydrogen-bond acceptors (Lipinski definition) is 1. The van der Waals surface area contributed by atoms with Crippen LogP contribution in [0.15, 0.2) is 18.2 Å². The minimum absolute atomic E-state index is 0.0145. The molecule has 2 nitrogen and oxygen atoms in total. The average Bonchev–Trinajstić information content (AvgIpc) is 2.35. The molecule has 0 aromatic heterocycles. The second-order valence-corrected chi connectivity index (χ2v) is 5.38. The number of carbonyl (C=O) groups excluding carboxylic acids is 1. The second-order valence-electron chi connectivity index (χ2n) is 4.97. The topological polar surface area (TPSA) is 29.1 Å². The highest BCUT2D eigenvalue weighted by Gasteiger charge is 2.23. The molecule has 4 heteroatoms. The first-order valence-corrected chi connectivity index (χ1v) is 6.71. The number of carbonyl (C=O) groups is 1. The first-order valence-electron chi connectivity index (χ1n) is 6.34. The lowest BCUT2D eigenvalue weighted by Gasteiger charge is -2.29. The fourth-order valence-electron chi connectivity index (χ4n) is 2.42. The zero-order valence-electron chi connectivity index (χ0n) is 10.4. The van der Waals surface area contributed by atoms with Gasteiger partial charge in [0.25, 0.3) is 5.91 Å². The highest BCUT2D eigenvalue weighted by atomic mass is 35.5. The number of hydrogen-bond donors (Lipinski definition) is 1. The molecule has 2 unspecified atom stereocenters. The Kier molecular flexibility index (Phi) is 4.23. The first kappa shape index (κ1) is 13.3. The fourth-order valence-corrected chi connectivity index (χ4v) is 2.60. The van der Waals surface area contributed by atoms with E-state index < -0.39 is 5.82 Å². The van der Waals surface area contributed by atoms with Crippen LogP contribution in [-0.4, -0.2) is 11.9 Å². The molecule has 2 rings (SSSR count). The van der Waals surface area contributed by atoms with E-state index in [1.54, 1.807) is 0 Å². The predicted octanol–water partition coefficient (Wildman–Crippen LogP) is 3.79. The van der Waals surface area contributed by atoms with Crippen molar-refractivity contribution in [3.05, 3.63) is 34.6 Å². The Labute approximate surface area is 112 Å². The molecule has 1 N–H and O–H groups in total. The Bertz CT molecular complexity index is 449. The smallest absolute Gasteiger partial charge is 0.251 e.